The Morgan fingerprint density at radius 2 is 1.86 bits per heavy atom. The summed E-state index contributed by atoms with van der Waals surface area (Å²) >= 11 is 0. The molecule has 0 spiro atoms. The van der Waals surface area contributed by atoms with Crippen LogP contribution in [0.4, 0.5) is 0 Å². The normalized spacial score (nSPS) is 23.3. The molecule has 7 nitrogen and oxygen atoms in total. The molecule has 0 bridgehead atoms. The van der Waals surface area contributed by atoms with Crippen LogP contribution >= 0.6 is 0 Å². The van der Waals surface area contributed by atoms with Crippen LogP contribution in [-0.4, -0.2) is 75.2 Å². The van der Waals surface area contributed by atoms with Crippen LogP contribution in [0.2, 0.25) is 0 Å². The SMILES string of the molecule is CCNC(=NCc1ccc(CN2CCOCC2)cc1)NCC1(CCO)CCOC1. The zero-order chi connectivity index (χ0) is 20.4. The van der Waals surface area contributed by atoms with Crippen molar-refractivity contribution in [3.8, 4) is 0 Å². The molecule has 2 fully saturated rings. The van der Waals surface area contributed by atoms with Gasteiger partial charge in [0.1, 0.15) is 0 Å². The number of hydrogen-bond donors (Lipinski definition) is 3. The van der Waals surface area contributed by atoms with Crippen LogP contribution in [0.25, 0.3) is 0 Å². The molecule has 1 aromatic rings. The van der Waals surface area contributed by atoms with Crippen molar-refractivity contribution in [2.45, 2.75) is 32.9 Å². The largest absolute Gasteiger partial charge is 0.396 e. The van der Waals surface area contributed by atoms with Crippen molar-refractivity contribution in [1.82, 2.24) is 15.5 Å². The van der Waals surface area contributed by atoms with Crippen molar-refractivity contribution in [1.29, 1.82) is 0 Å². The Kier molecular flexibility index (Phi) is 8.73. The number of nitrogens with zero attached hydrogens (tertiary/aromatic N) is 2. The van der Waals surface area contributed by atoms with Crippen LogP contribution in [0.3, 0.4) is 0 Å². The fourth-order valence-electron chi connectivity index (χ4n) is 3.86. The summed E-state index contributed by atoms with van der Waals surface area (Å²) in [5.41, 5.74) is 2.53. The third-order valence-electron chi connectivity index (χ3n) is 5.75. The highest BCUT2D eigenvalue weighted by molar-refractivity contribution is 5.79. The number of aliphatic hydroxyl groups excluding tert-OH is 1. The third-order valence-corrected chi connectivity index (χ3v) is 5.75. The fraction of sp³-hybridized carbons (Fsp3) is 0.682. The lowest BCUT2D eigenvalue weighted by atomic mass is 9.84. The highest BCUT2D eigenvalue weighted by Gasteiger charge is 2.34. The van der Waals surface area contributed by atoms with Crippen molar-refractivity contribution >= 4 is 5.96 Å². The van der Waals surface area contributed by atoms with Gasteiger partial charge in [0.2, 0.25) is 0 Å². The van der Waals surface area contributed by atoms with E-state index in [2.05, 4.69) is 46.7 Å². The van der Waals surface area contributed by atoms with Crippen LogP contribution < -0.4 is 10.6 Å². The summed E-state index contributed by atoms with van der Waals surface area (Å²) in [5, 5.41) is 16.2. The maximum atomic E-state index is 9.40. The van der Waals surface area contributed by atoms with Gasteiger partial charge in [0, 0.05) is 51.4 Å². The monoisotopic (exact) mass is 404 g/mol. The van der Waals surface area contributed by atoms with Gasteiger partial charge in [0.15, 0.2) is 5.96 Å². The lowest BCUT2D eigenvalue weighted by Crippen LogP contribution is -2.44. The number of benzene rings is 1. The predicted molar refractivity (Wildman–Crippen MR) is 115 cm³/mol. The molecule has 7 heteroatoms. The van der Waals surface area contributed by atoms with E-state index in [9.17, 15) is 5.11 Å². The van der Waals surface area contributed by atoms with Crippen LogP contribution in [0.5, 0.6) is 0 Å². The third kappa shape index (κ3) is 6.96. The van der Waals surface area contributed by atoms with Gasteiger partial charge < -0.3 is 25.2 Å². The second-order valence-electron chi connectivity index (χ2n) is 8.03. The summed E-state index contributed by atoms with van der Waals surface area (Å²) in [5.74, 6) is 0.814. The van der Waals surface area contributed by atoms with E-state index < -0.39 is 0 Å². The molecule has 2 saturated heterocycles. The molecule has 0 aliphatic carbocycles. The molecule has 29 heavy (non-hydrogen) atoms. The second-order valence-corrected chi connectivity index (χ2v) is 8.03. The number of aliphatic hydroxyl groups is 1. The van der Waals surface area contributed by atoms with Gasteiger partial charge in [-0.3, -0.25) is 4.90 Å². The molecule has 0 amide bonds. The lowest BCUT2D eigenvalue weighted by molar-refractivity contribution is 0.0342. The Bertz CT molecular complexity index is 623. The molecule has 1 atom stereocenters. The summed E-state index contributed by atoms with van der Waals surface area (Å²) in [6, 6.07) is 8.74. The smallest absolute Gasteiger partial charge is 0.191 e. The van der Waals surface area contributed by atoms with Crippen molar-refractivity contribution in [2.75, 3.05) is 59.2 Å². The molecule has 0 aromatic heterocycles. The van der Waals surface area contributed by atoms with E-state index in [0.717, 1.165) is 71.3 Å². The van der Waals surface area contributed by atoms with Gasteiger partial charge in [0.25, 0.3) is 0 Å². The molecule has 162 valence electrons. The minimum atomic E-state index is 0.00603. The number of morpholine rings is 1. The number of nitrogens with one attached hydrogen (secondary N) is 2. The van der Waals surface area contributed by atoms with Gasteiger partial charge >= 0.3 is 0 Å². The number of hydrogen-bond acceptors (Lipinski definition) is 5. The second kappa shape index (κ2) is 11.5. The quantitative estimate of drug-likeness (QED) is 0.426. The molecule has 3 rings (SSSR count). The topological polar surface area (TPSA) is 78.4 Å². The molecule has 0 radical (unpaired) electrons. The van der Waals surface area contributed by atoms with Crippen LogP contribution in [-0.2, 0) is 22.6 Å². The van der Waals surface area contributed by atoms with E-state index in [0.29, 0.717) is 13.2 Å². The average Bonchev–Trinajstić information content (AvgIpc) is 3.21. The first-order valence-corrected chi connectivity index (χ1v) is 10.8. The number of aliphatic imine (C=N–C) groups is 1. The first-order valence-electron chi connectivity index (χ1n) is 10.8. The number of ether oxygens (including phenoxy) is 2. The summed E-state index contributed by atoms with van der Waals surface area (Å²) in [7, 11) is 0. The summed E-state index contributed by atoms with van der Waals surface area (Å²) in [4.78, 5) is 7.17. The molecule has 3 N–H and O–H groups in total. The zero-order valence-corrected chi connectivity index (χ0v) is 17.7. The molecular weight excluding hydrogens is 368 g/mol. The Hall–Kier alpha value is -1.67. The van der Waals surface area contributed by atoms with Crippen LogP contribution in [0.1, 0.15) is 30.9 Å². The van der Waals surface area contributed by atoms with E-state index in [-0.39, 0.29) is 12.0 Å². The zero-order valence-electron chi connectivity index (χ0n) is 17.7. The Morgan fingerprint density at radius 1 is 1.10 bits per heavy atom. The maximum Gasteiger partial charge on any atom is 0.191 e. The van der Waals surface area contributed by atoms with E-state index in [4.69, 9.17) is 14.5 Å². The molecule has 1 aromatic carbocycles. The molecule has 0 saturated carbocycles. The van der Waals surface area contributed by atoms with Crippen molar-refractivity contribution < 1.29 is 14.6 Å². The fourth-order valence-corrected chi connectivity index (χ4v) is 3.86. The van der Waals surface area contributed by atoms with Gasteiger partial charge in [-0.25, -0.2) is 4.99 Å². The van der Waals surface area contributed by atoms with E-state index in [1.165, 1.54) is 11.1 Å². The first kappa shape index (κ1) is 22.0. The van der Waals surface area contributed by atoms with E-state index >= 15 is 0 Å². The van der Waals surface area contributed by atoms with Crippen molar-refractivity contribution in [3.63, 3.8) is 0 Å². The van der Waals surface area contributed by atoms with E-state index in [1.807, 2.05) is 0 Å². The highest BCUT2D eigenvalue weighted by Crippen LogP contribution is 2.31. The Balaban J connectivity index is 1.52. The summed E-state index contributed by atoms with van der Waals surface area (Å²) < 4.78 is 11.0. The highest BCUT2D eigenvalue weighted by atomic mass is 16.5. The standard InChI is InChI=1S/C22H36N4O3/c1-2-23-21(25-17-22(7-11-27)8-12-29-18-22)24-15-19-3-5-20(6-4-19)16-26-9-13-28-14-10-26/h3-6,27H,2,7-18H2,1H3,(H2,23,24,25). The van der Waals surface area contributed by atoms with Gasteiger partial charge in [-0.05, 0) is 30.9 Å². The Morgan fingerprint density at radius 3 is 2.52 bits per heavy atom. The van der Waals surface area contributed by atoms with Crippen LogP contribution in [0.15, 0.2) is 29.3 Å². The van der Waals surface area contributed by atoms with Gasteiger partial charge in [-0.15, -0.1) is 0 Å². The maximum absolute atomic E-state index is 9.40. The van der Waals surface area contributed by atoms with Gasteiger partial charge in [-0.2, -0.15) is 0 Å². The molecule has 1 unspecified atom stereocenters. The Labute approximate surface area is 174 Å². The number of guanidine groups is 1. The van der Waals surface area contributed by atoms with E-state index in [1.54, 1.807) is 0 Å². The molecule has 2 aliphatic heterocycles. The first-order chi connectivity index (χ1) is 14.2. The summed E-state index contributed by atoms with van der Waals surface area (Å²) in [6.45, 7) is 10.6. The lowest BCUT2D eigenvalue weighted by Gasteiger charge is -2.27. The number of rotatable bonds is 9. The minimum Gasteiger partial charge on any atom is -0.396 e. The molecule has 2 aliphatic rings. The molecular formula is C22H36N4O3. The van der Waals surface area contributed by atoms with Crippen molar-refractivity contribution in [3.05, 3.63) is 35.4 Å². The van der Waals surface area contributed by atoms with Gasteiger partial charge in [-0.1, -0.05) is 24.3 Å². The predicted octanol–water partition coefficient (Wildman–Crippen LogP) is 1.36. The summed E-state index contributed by atoms with van der Waals surface area (Å²) in [6.07, 6.45) is 1.73. The van der Waals surface area contributed by atoms with Gasteiger partial charge in [0.05, 0.1) is 26.4 Å². The van der Waals surface area contributed by atoms with Crippen molar-refractivity contribution in [2.24, 2.45) is 10.4 Å². The van der Waals surface area contributed by atoms with Crippen LogP contribution in [0, 0.1) is 5.41 Å². The average molecular weight is 405 g/mol. The minimum absolute atomic E-state index is 0.00603. The molecule has 2 heterocycles.